The molecule has 1 aromatic heterocycles. The van der Waals surface area contributed by atoms with Gasteiger partial charge in [0.1, 0.15) is 6.61 Å². The Hall–Kier alpha value is -1.24. The van der Waals surface area contributed by atoms with Crippen LogP contribution < -0.4 is 14.8 Å². The van der Waals surface area contributed by atoms with E-state index in [1.54, 1.807) is 30.6 Å². The van der Waals surface area contributed by atoms with Gasteiger partial charge >= 0.3 is 0 Å². The number of benzene rings is 2. The average molecular weight is 487 g/mol. The van der Waals surface area contributed by atoms with Crippen LogP contribution in [0.1, 0.15) is 16.0 Å². The summed E-state index contributed by atoms with van der Waals surface area (Å²) >= 11 is 17.4. The Morgan fingerprint density at radius 1 is 1.04 bits per heavy atom. The molecule has 0 fully saturated rings. The predicted molar refractivity (Wildman–Crippen MR) is 116 cm³/mol. The largest absolute Gasteiger partial charge is 0.493 e. The van der Waals surface area contributed by atoms with Crippen LogP contribution in [0.25, 0.3) is 0 Å². The first-order valence-electron chi connectivity index (χ1n) is 8.23. The summed E-state index contributed by atoms with van der Waals surface area (Å²) in [7, 11) is 1.64. The van der Waals surface area contributed by atoms with E-state index in [-0.39, 0.29) is 0 Å². The predicted octanol–water partition coefficient (Wildman–Crippen LogP) is 6.69. The standard InChI is InChI=1S/C20H18BrCl2NO2S/c1-25-19-8-14(10-24-11-15-3-2-6-27-15)16(21)9-20(19)26-12-13-4-5-17(22)18(23)7-13/h2-9,24H,10-12H2,1H3. The van der Waals surface area contributed by atoms with Crippen LogP contribution in [-0.2, 0) is 19.7 Å². The summed E-state index contributed by atoms with van der Waals surface area (Å²) in [6.07, 6.45) is 0. The number of hydrogen-bond donors (Lipinski definition) is 1. The number of ether oxygens (including phenoxy) is 2. The highest BCUT2D eigenvalue weighted by molar-refractivity contribution is 9.10. The molecule has 27 heavy (non-hydrogen) atoms. The molecule has 2 aromatic carbocycles. The molecule has 1 N–H and O–H groups in total. The third-order valence-electron chi connectivity index (χ3n) is 3.91. The molecule has 0 atom stereocenters. The lowest BCUT2D eigenvalue weighted by molar-refractivity contribution is 0.284. The molecule has 3 aromatic rings. The number of rotatable bonds is 8. The van der Waals surface area contributed by atoms with Gasteiger partial charge in [0.25, 0.3) is 0 Å². The molecule has 0 saturated carbocycles. The van der Waals surface area contributed by atoms with Crippen LogP contribution in [0.15, 0.2) is 52.3 Å². The maximum absolute atomic E-state index is 6.06. The van der Waals surface area contributed by atoms with E-state index in [1.807, 2.05) is 18.2 Å². The van der Waals surface area contributed by atoms with Gasteiger partial charge in [-0.15, -0.1) is 11.3 Å². The van der Waals surface area contributed by atoms with Crippen LogP contribution >= 0.6 is 50.5 Å². The lowest BCUT2D eigenvalue weighted by Gasteiger charge is -2.15. The summed E-state index contributed by atoms with van der Waals surface area (Å²) in [5.41, 5.74) is 2.04. The van der Waals surface area contributed by atoms with Crippen molar-refractivity contribution in [3.63, 3.8) is 0 Å². The van der Waals surface area contributed by atoms with Crippen molar-refractivity contribution in [2.75, 3.05) is 7.11 Å². The second-order valence-electron chi connectivity index (χ2n) is 5.81. The molecule has 0 aliphatic rings. The Bertz CT molecular complexity index is 903. The zero-order chi connectivity index (χ0) is 19.2. The molecule has 0 aliphatic carbocycles. The summed E-state index contributed by atoms with van der Waals surface area (Å²) in [5.74, 6) is 1.35. The first-order valence-corrected chi connectivity index (χ1v) is 10.7. The van der Waals surface area contributed by atoms with Crippen molar-refractivity contribution < 1.29 is 9.47 Å². The van der Waals surface area contributed by atoms with Gasteiger partial charge in [-0.1, -0.05) is 51.3 Å². The maximum Gasteiger partial charge on any atom is 0.162 e. The number of nitrogens with one attached hydrogen (secondary N) is 1. The second-order valence-corrected chi connectivity index (χ2v) is 8.52. The molecule has 0 spiro atoms. The van der Waals surface area contributed by atoms with E-state index in [9.17, 15) is 0 Å². The van der Waals surface area contributed by atoms with E-state index in [0.29, 0.717) is 28.2 Å². The molecule has 0 bridgehead atoms. The van der Waals surface area contributed by atoms with Gasteiger partial charge in [-0.3, -0.25) is 0 Å². The van der Waals surface area contributed by atoms with Crippen molar-refractivity contribution in [2.45, 2.75) is 19.7 Å². The highest BCUT2D eigenvalue weighted by Crippen LogP contribution is 2.34. The lowest BCUT2D eigenvalue weighted by Crippen LogP contribution is -2.12. The van der Waals surface area contributed by atoms with Gasteiger partial charge in [0.15, 0.2) is 11.5 Å². The molecular weight excluding hydrogens is 469 g/mol. The Balaban J connectivity index is 1.66. The van der Waals surface area contributed by atoms with E-state index < -0.39 is 0 Å². The molecule has 7 heteroatoms. The minimum absolute atomic E-state index is 0.371. The van der Waals surface area contributed by atoms with E-state index in [0.717, 1.165) is 28.7 Å². The van der Waals surface area contributed by atoms with Gasteiger partial charge in [-0.2, -0.15) is 0 Å². The Morgan fingerprint density at radius 2 is 1.89 bits per heavy atom. The van der Waals surface area contributed by atoms with E-state index in [2.05, 4.69) is 38.8 Å². The molecule has 142 valence electrons. The molecule has 3 nitrogen and oxygen atoms in total. The molecule has 3 rings (SSSR count). The SMILES string of the molecule is COc1cc(CNCc2cccs2)c(Br)cc1OCc1ccc(Cl)c(Cl)c1. The van der Waals surface area contributed by atoms with Gasteiger partial charge in [-0.05, 0) is 46.8 Å². The summed E-state index contributed by atoms with van der Waals surface area (Å²) in [5, 5.41) is 6.56. The average Bonchev–Trinajstić information content (AvgIpc) is 3.17. The van der Waals surface area contributed by atoms with Crippen LogP contribution in [0.3, 0.4) is 0 Å². The zero-order valence-electron chi connectivity index (χ0n) is 14.6. The minimum atomic E-state index is 0.371. The fourth-order valence-corrected chi connectivity index (χ4v) is 3.97. The number of halogens is 3. The summed E-state index contributed by atoms with van der Waals surface area (Å²) in [6, 6.07) is 13.5. The monoisotopic (exact) mass is 485 g/mol. The Morgan fingerprint density at radius 3 is 2.59 bits per heavy atom. The highest BCUT2D eigenvalue weighted by atomic mass is 79.9. The summed E-state index contributed by atoms with van der Waals surface area (Å²) in [6.45, 7) is 1.93. The Labute approximate surface area is 181 Å². The minimum Gasteiger partial charge on any atom is -0.493 e. The third kappa shape index (κ3) is 5.62. The second kappa shape index (κ2) is 9.80. The zero-order valence-corrected chi connectivity index (χ0v) is 18.5. The number of hydrogen-bond acceptors (Lipinski definition) is 4. The van der Waals surface area contributed by atoms with Crippen molar-refractivity contribution in [2.24, 2.45) is 0 Å². The molecule has 0 radical (unpaired) electrons. The van der Waals surface area contributed by atoms with E-state index >= 15 is 0 Å². The summed E-state index contributed by atoms with van der Waals surface area (Å²) in [4.78, 5) is 1.31. The fourth-order valence-electron chi connectivity index (χ4n) is 2.51. The molecule has 0 aliphatic heterocycles. The van der Waals surface area contributed by atoms with Gasteiger partial charge in [-0.25, -0.2) is 0 Å². The van der Waals surface area contributed by atoms with Crippen LogP contribution in [0.2, 0.25) is 10.0 Å². The van der Waals surface area contributed by atoms with Gasteiger partial charge in [0.05, 0.1) is 17.2 Å². The fraction of sp³-hybridized carbons (Fsp3) is 0.200. The molecule has 1 heterocycles. The first-order chi connectivity index (χ1) is 13.1. The van der Waals surface area contributed by atoms with Crippen LogP contribution in [0, 0.1) is 0 Å². The smallest absolute Gasteiger partial charge is 0.162 e. The molecule has 0 saturated heterocycles. The van der Waals surface area contributed by atoms with E-state index in [4.69, 9.17) is 32.7 Å². The number of methoxy groups -OCH3 is 1. The normalized spacial score (nSPS) is 10.8. The first kappa shape index (κ1) is 20.5. The third-order valence-corrected chi connectivity index (χ3v) is 6.26. The van der Waals surface area contributed by atoms with Crippen molar-refractivity contribution in [1.29, 1.82) is 0 Å². The summed E-state index contributed by atoms with van der Waals surface area (Å²) < 4.78 is 12.4. The maximum atomic E-state index is 6.06. The van der Waals surface area contributed by atoms with Crippen molar-refractivity contribution >= 4 is 50.5 Å². The topological polar surface area (TPSA) is 30.5 Å². The Kier molecular flexibility index (Phi) is 7.44. The van der Waals surface area contributed by atoms with Crippen molar-refractivity contribution in [3.8, 4) is 11.5 Å². The van der Waals surface area contributed by atoms with Gasteiger partial charge in [0, 0.05) is 22.4 Å². The van der Waals surface area contributed by atoms with Gasteiger partial charge in [0.2, 0.25) is 0 Å². The lowest BCUT2D eigenvalue weighted by atomic mass is 10.2. The van der Waals surface area contributed by atoms with Crippen molar-refractivity contribution in [1.82, 2.24) is 5.32 Å². The number of thiophene rings is 1. The van der Waals surface area contributed by atoms with E-state index in [1.165, 1.54) is 4.88 Å². The highest BCUT2D eigenvalue weighted by Gasteiger charge is 2.11. The van der Waals surface area contributed by atoms with Gasteiger partial charge < -0.3 is 14.8 Å². The van der Waals surface area contributed by atoms with Crippen LogP contribution in [0.4, 0.5) is 0 Å². The van der Waals surface area contributed by atoms with Crippen LogP contribution in [0.5, 0.6) is 11.5 Å². The molecule has 0 unspecified atom stereocenters. The molecule has 0 amide bonds. The van der Waals surface area contributed by atoms with Crippen molar-refractivity contribution in [3.05, 3.63) is 78.4 Å². The van der Waals surface area contributed by atoms with Crippen LogP contribution in [-0.4, -0.2) is 7.11 Å². The quantitative estimate of drug-likeness (QED) is 0.384. The molecular formula is C20H18BrCl2NO2S.